The molecule has 9 heteroatoms. The molecule has 186 valence electrons. The third-order valence-corrected chi connectivity index (χ3v) is 15.4. The molecule has 0 aromatic rings. The molecule has 0 aliphatic carbocycles. The Morgan fingerprint density at radius 1 is 0.871 bits per heavy atom. The summed E-state index contributed by atoms with van der Waals surface area (Å²) in [4.78, 5) is 14.5. The van der Waals surface area contributed by atoms with Crippen LogP contribution in [0.3, 0.4) is 0 Å². The van der Waals surface area contributed by atoms with Crippen molar-refractivity contribution in [3.8, 4) is 0 Å². The number of rotatable bonds is 18. The summed E-state index contributed by atoms with van der Waals surface area (Å²) in [6, 6.07) is 0.695. The van der Waals surface area contributed by atoms with E-state index in [1.165, 1.54) is 0 Å². The van der Waals surface area contributed by atoms with E-state index in [0.29, 0.717) is 29.2 Å². The van der Waals surface area contributed by atoms with Crippen LogP contribution in [0, 0.1) is 0 Å². The van der Waals surface area contributed by atoms with Gasteiger partial charge < -0.3 is 27.7 Å². The Kier molecular flexibility index (Phi) is 14.6. The quantitative estimate of drug-likeness (QED) is 0.277. The highest BCUT2D eigenvalue weighted by Gasteiger charge is 2.48. The smallest absolute Gasteiger partial charge is 0.479 e. The van der Waals surface area contributed by atoms with Gasteiger partial charge in [-0.2, -0.15) is 0 Å². The first-order chi connectivity index (χ1) is 14.5. The van der Waals surface area contributed by atoms with Crippen molar-refractivity contribution in [2.24, 2.45) is 0 Å². The molecular formula is C22H49NO6Si2. The van der Waals surface area contributed by atoms with Crippen LogP contribution < -0.4 is 0 Å². The van der Waals surface area contributed by atoms with Crippen molar-refractivity contribution in [3.05, 3.63) is 0 Å². The second-order valence-corrected chi connectivity index (χ2v) is 17.8. The predicted molar refractivity (Wildman–Crippen MR) is 131 cm³/mol. The first kappa shape index (κ1) is 30.7. The summed E-state index contributed by atoms with van der Waals surface area (Å²) < 4.78 is 23.2. The summed E-state index contributed by atoms with van der Waals surface area (Å²) in [6.45, 7) is 17.3. The Balaban J connectivity index is 5.48. The van der Waals surface area contributed by atoms with E-state index in [0.717, 1.165) is 32.4 Å². The largest absolute Gasteiger partial charge is 0.500 e. The topological polar surface area (TPSA) is 77.5 Å². The molecule has 7 nitrogen and oxygen atoms in total. The normalized spacial score (nSPS) is 14.3. The van der Waals surface area contributed by atoms with E-state index in [4.69, 9.17) is 17.7 Å². The Labute approximate surface area is 193 Å². The predicted octanol–water partition coefficient (Wildman–Crippen LogP) is 5.00. The number of hydrogen-bond donors (Lipinski definition) is 1. The summed E-state index contributed by atoms with van der Waals surface area (Å²) in [5.74, 6) is -0.866. The molecular weight excluding hydrogens is 430 g/mol. The summed E-state index contributed by atoms with van der Waals surface area (Å²) in [6.07, 6.45) is 2.09. The maximum atomic E-state index is 12.2. The van der Waals surface area contributed by atoms with E-state index in [1.807, 2.05) is 0 Å². The van der Waals surface area contributed by atoms with E-state index in [2.05, 4.69) is 53.4 Å². The molecule has 0 aliphatic rings. The van der Waals surface area contributed by atoms with Crippen LogP contribution in [0.2, 0.25) is 22.7 Å². The summed E-state index contributed by atoms with van der Waals surface area (Å²) in [7, 11) is -0.0542. The molecule has 0 saturated heterocycles. The fourth-order valence-electron chi connectivity index (χ4n) is 4.81. The van der Waals surface area contributed by atoms with Gasteiger partial charge in [-0.15, -0.1) is 0 Å². The van der Waals surface area contributed by atoms with Crippen LogP contribution in [0.4, 0.5) is 0 Å². The molecule has 1 N–H and O–H groups in total. The summed E-state index contributed by atoms with van der Waals surface area (Å²) in [5, 5.41) is 10.0. The summed E-state index contributed by atoms with van der Waals surface area (Å²) in [5.41, 5.74) is 1.03. The molecule has 0 aromatic carbocycles. The fourth-order valence-corrected chi connectivity index (χ4v) is 12.0. The van der Waals surface area contributed by atoms with E-state index < -0.39 is 29.2 Å². The third-order valence-electron chi connectivity index (χ3n) is 6.47. The minimum atomic E-state index is -2.63. The van der Waals surface area contributed by atoms with Gasteiger partial charge in [0.05, 0.1) is 0 Å². The SMILES string of the molecule is CCCCN(CCC[Si](OC)(OC)OC)CC(O[Si](C(C)C)(C(C)C)C(C)C)C(=O)O. The lowest BCUT2D eigenvalue weighted by Gasteiger charge is -2.44. The lowest BCUT2D eigenvalue weighted by atomic mass is 10.2. The van der Waals surface area contributed by atoms with Crippen molar-refractivity contribution in [2.45, 2.75) is 96.5 Å². The Morgan fingerprint density at radius 2 is 1.32 bits per heavy atom. The molecule has 31 heavy (non-hydrogen) atoms. The standard InChI is InChI=1S/C22H49NO6Si2/c1-11-12-14-23(15-13-16-30(26-8,27-9)28-10)17-21(22(24)25)29-31(18(2)3,19(4)5)20(6)7/h18-21H,11-17H2,1-10H3,(H,24,25). The van der Waals surface area contributed by atoms with Crippen LogP contribution in [0.1, 0.15) is 67.7 Å². The highest BCUT2D eigenvalue weighted by atomic mass is 28.4. The van der Waals surface area contributed by atoms with E-state index in [-0.39, 0.29) is 0 Å². The van der Waals surface area contributed by atoms with Gasteiger partial charge in [0, 0.05) is 33.9 Å². The zero-order valence-corrected chi connectivity index (χ0v) is 23.7. The zero-order chi connectivity index (χ0) is 24.2. The van der Waals surface area contributed by atoms with Crippen molar-refractivity contribution in [1.29, 1.82) is 0 Å². The van der Waals surface area contributed by atoms with Crippen LogP contribution in [-0.4, -0.2) is 80.2 Å². The lowest BCUT2D eigenvalue weighted by Crippen LogP contribution is -2.54. The number of aliphatic carboxylic acids is 1. The van der Waals surface area contributed by atoms with Crippen LogP contribution in [0.5, 0.6) is 0 Å². The molecule has 0 rings (SSSR count). The molecule has 1 unspecified atom stereocenters. The number of carboxylic acid groups (broad SMARTS) is 1. The molecule has 0 heterocycles. The van der Waals surface area contributed by atoms with Gasteiger partial charge in [-0.05, 0) is 42.6 Å². The fraction of sp³-hybridized carbons (Fsp3) is 0.955. The molecule has 0 aromatic heterocycles. The van der Waals surface area contributed by atoms with Gasteiger partial charge in [0.1, 0.15) is 0 Å². The van der Waals surface area contributed by atoms with E-state index in [9.17, 15) is 9.90 Å². The maximum Gasteiger partial charge on any atom is 0.500 e. The van der Waals surface area contributed by atoms with Crippen molar-refractivity contribution in [1.82, 2.24) is 4.90 Å². The van der Waals surface area contributed by atoms with E-state index in [1.54, 1.807) is 21.3 Å². The van der Waals surface area contributed by atoms with Crippen LogP contribution in [-0.2, 0) is 22.5 Å². The van der Waals surface area contributed by atoms with E-state index >= 15 is 0 Å². The Morgan fingerprint density at radius 3 is 1.68 bits per heavy atom. The number of nitrogens with zero attached hydrogens (tertiary/aromatic N) is 1. The lowest BCUT2D eigenvalue weighted by molar-refractivity contribution is -0.146. The van der Waals surface area contributed by atoms with Gasteiger partial charge in [-0.25, -0.2) is 4.79 Å². The number of unbranched alkanes of at least 4 members (excludes halogenated alkanes) is 1. The minimum Gasteiger partial charge on any atom is -0.479 e. The van der Waals surface area contributed by atoms with Gasteiger partial charge in [0.15, 0.2) is 6.10 Å². The summed E-state index contributed by atoms with van der Waals surface area (Å²) >= 11 is 0. The molecule has 0 saturated carbocycles. The molecule has 0 aliphatic heterocycles. The minimum absolute atomic E-state index is 0.343. The van der Waals surface area contributed by atoms with Gasteiger partial charge >= 0.3 is 14.8 Å². The zero-order valence-electron chi connectivity index (χ0n) is 21.7. The highest BCUT2D eigenvalue weighted by Crippen LogP contribution is 2.43. The molecule has 0 bridgehead atoms. The first-order valence-corrected chi connectivity index (χ1v) is 15.8. The van der Waals surface area contributed by atoms with Crippen molar-refractivity contribution in [2.75, 3.05) is 41.0 Å². The van der Waals surface area contributed by atoms with Gasteiger partial charge in [0.2, 0.25) is 8.32 Å². The Hall–Kier alpha value is -0.296. The number of hydrogen-bond acceptors (Lipinski definition) is 6. The molecule has 1 atom stereocenters. The van der Waals surface area contributed by atoms with Crippen LogP contribution in [0.15, 0.2) is 0 Å². The maximum absolute atomic E-state index is 12.2. The monoisotopic (exact) mass is 479 g/mol. The van der Waals surface area contributed by atoms with Crippen LogP contribution in [0.25, 0.3) is 0 Å². The molecule has 0 radical (unpaired) electrons. The van der Waals surface area contributed by atoms with Crippen LogP contribution >= 0.6 is 0 Å². The third kappa shape index (κ3) is 8.87. The van der Waals surface area contributed by atoms with Gasteiger partial charge in [0.25, 0.3) is 0 Å². The van der Waals surface area contributed by atoms with Crippen molar-refractivity contribution in [3.63, 3.8) is 0 Å². The average molecular weight is 480 g/mol. The average Bonchev–Trinajstić information content (AvgIpc) is 2.71. The number of carboxylic acids is 1. The second-order valence-electron chi connectivity index (χ2n) is 9.32. The molecule has 0 spiro atoms. The first-order valence-electron chi connectivity index (χ1n) is 11.7. The highest BCUT2D eigenvalue weighted by molar-refractivity contribution is 6.77. The van der Waals surface area contributed by atoms with Gasteiger partial charge in [-0.1, -0.05) is 54.9 Å². The number of carbonyl (C=O) groups is 1. The Bertz CT molecular complexity index is 470. The van der Waals surface area contributed by atoms with Crippen molar-refractivity contribution >= 4 is 23.1 Å². The molecule has 0 amide bonds. The van der Waals surface area contributed by atoms with Gasteiger partial charge in [-0.3, -0.25) is 0 Å². The second kappa shape index (κ2) is 14.8. The molecule has 0 fully saturated rings. The van der Waals surface area contributed by atoms with Crippen molar-refractivity contribution < 1.29 is 27.6 Å².